The molecule has 0 amide bonds. The molecule has 2 aliphatic carbocycles. The molecule has 0 radical (unpaired) electrons. The van der Waals surface area contributed by atoms with Crippen molar-refractivity contribution in [2.24, 2.45) is 11.8 Å². The Labute approximate surface area is 173 Å². The molecular formula is C21H26O9. The first-order valence-corrected chi connectivity index (χ1v) is 9.99. The van der Waals surface area contributed by atoms with Gasteiger partial charge >= 0.3 is 5.97 Å². The summed E-state index contributed by atoms with van der Waals surface area (Å²) in [7, 11) is 0. The molecule has 2 saturated heterocycles. The molecule has 4 N–H and O–H groups in total. The minimum absolute atomic E-state index is 0.0482. The predicted molar refractivity (Wildman–Crippen MR) is 100 cm³/mol. The van der Waals surface area contributed by atoms with Gasteiger partial charge in [-0.1, -0.05) is 12.2 Å². The summed E-state index contributed by atoms with van der Waals surface area (Å²) in [6.07, 6.45) is -6.69. The Morgan fingerprint density at radius 3 is 2.50 bits per heavy atom. The Hall–Kier alpha value is -2.04. The van der Waals surface area contributed by atoms with E-state index < -0.39 is 55.3 Å². The highest BCUT2D eigenvalue weighted by atomic mass is 16.7. The summed E-state index contributed by atoms with van der Waals surface area (Å²) in [6.45, 7) is 6.79. The lowest BCUT2D eigenvalue weighted by Crippen LogP contribution is -2.59. The average Bonchev–Trinajstić information content (AvgIpc) is 3.06. The van der Waals surface area contributed by atoms with Crippen LogP contribution in [0.15, 0.2) is 34.6 Å². The zero-order valence-electron chi connectivity index (χ0n) is 16.8. The quantitative estimate of drug-likeness (QED) is 0.349. The van der Waals surface area contributed by atoms with E-state index >= 15 is 0 Å². The molecule has 0 spiro atoms. The third-order valence-corrected chi connectivity index (χ3v) is 6.64. The van der Waals surface area contributed by atoms with Crippen molar-refractivity contribution >= 4 is 11.8 Å². The van der Waals surface area contributed by atoms with Crippen molar-refractivity contribution in [2.45, 2.75) is 63.5 Å². The first-order chi connectivity index (χ1) is 14.2. The normalized spacial score (nSPS) is 41.6. The molecule has 2 aliphatic heterocycles. The number of aliphatic hydroxyl groups is 4. The number of hydrogen-bond donors (Lipinski definition) is 4. The Bertz CT molecular complexity index is 855. The van der Waals surface area contributed by atoms with Crippen LogP contribution in [-0.4, -0.2) is 75.6 Å². The molecule has 2 heterocycles. The summed E-state index contributed by atoms with van der Waals surface area (Å²) in [4.78, 5) is 25.3. The smallest absolute Gasteiger partial charge is 0.334 e. The second-order valence-corrected chi connectivity index (χ2v) is 8.37. The zero-order chi connectivity index (χ0) is 21.9. The minimum Gasteiger partial charge on any atom is -0.458 e. The molecular weight excluding hydrogens is 396 g/mol. The summed E-state index contributed by atoms with van der Waals surface area (Å²) in [5, 5.41) is 39.5. The van der Waals surface area contributed by atoms with Crippen LogP contribution < -0.4 is 0 Å². The molecule has 0 aromatic carbocycles. The second-order valence-electron chi connectivity index (χ2n) is 8.37. The van der Waals surface area contributed by atoms with Crippen molar-refractivity contribution in [3.8, 4) is 0 Å². The first-order valence-electron chi connectivity index (χ1n) is 9.99. The van der Waals surface area contributed by atoms with Gasteiger partial charge in [0.25, 0.3) is 0 Å². The first kappa shape index (κ1) is 21.2. The molecule has 0 unspecified atom stereocenters. The molecule has 0 bridgehead atoms. The largest absolute Gasteiger partial charge is 0.458 e. The molecule has 4 aliphatic rings. The van der Waals surface area contributed by atoms with Crippen molar-refractivity contribution < 1.29 is 44.2 Å². The fourth-order valence-electron chi connectivity index (χ4n) is 4.87. The summed E-state index contributed by atoms with van der Waals surface area (Å²) in [6, 6.07) is 0. The van der Waals surface area contributed by atoms with Crippen LogP contribution in [0.3, 0.4) is 0 Å². The monoisotopic (exact) mass is 422 g/mol. The van der Waals surface area contributed by atoms with Crippen LogP contribution in [0.5, 0.6) is 0 Å². The number of carbonyl (C=O) groups excluding carboxylic acids is 2. The summed E-state index contributed by atoms with van der Waals surface area (Å²) in [5.41, 5.74) is 2.31. The maximum atomic E-state index is 13.2. The van der Waals surface area contributed by atoms with Gasteiger partial charge < -0.3 is 34.6 Å². The molecule has 2 fully saturated rings. The summed E-state index contributed by atoms with van der Waals surface area (Å²) < 4.78 is 16.6. The predicted octanol–water partition coefficient (Wildman–Crippen LogP) is -0.516. The van der Waals surface area contributed by atoms with Crippen LogP contribution in [0.2, 0.25) is 0 Å². The summed E-state index contributed by atoms with van der Waals surface area (Å²) >= 11 is 0. The number of aliphatic hydroxyl groups excluding tert-OH is 4. The van der Waals surface area contributed by atoms with E-state index in [0.717, 1.165) is 5.57 Å². The van der Waals surface area contributed by atoms with Crippen LogP contribution in [0, 0.1) is 11.8 Å². The molecule has 30 heavy (non-hydrogen) atoms. The van der Waals surface area contributed by atoms with Gasteiger partial charge in [0.1, 0.15) is 30.5 Å². The van der Waals surface area contributed by atoms with Gasteiger partial charge in [-0.3, -0.25) is 4.79 Å². The Kier molecular flexibility index (Phi) is 5.36. The van der Waals surface area contributed by atoms with Crippen molar-refractivity contribution in [2.75, 3.05) is 6.61 Å². The molecule has 4 rings (SSSR count). The molecule has 164 valence electrons. The lowest BCUT2D eigenvalue weighted by molar-refractivity contribution is -0.290. The van der Waals surface area contributed by atoms with E-state index in [9.17, 15) is 30.0 Å². The molecule has 0 saturated carbocycles. The van der Waals surface area contributed by atoms with Crippen molar-refractivity contribution in [1.29, 1.82) is 0 Å². The highest BCUT2D eigenvalue weighted by Gasteiger charge is 2.53. The van der Waals surface area contributed by atoms with E-state index in [2.05, 4.69) is 6.58 Å². The Morgan fingerprint density at radius 2 is 1.83 bits per heavy atom. The molecule has 9 nitrogen and oxygen atoms in total. The standard InChI is InChI=1S/C21H26O9/c1-7-4-5-10-8(2)20(27)29-19(10)13-9(3)18(15(24)12(7)13)30-21-17(26)16(25)14(23)11(6-22)28-21/h10-11,13-14,16-17,19,21-23,25-26H,2,4-6H2,1,3H3/t10-,11+,13-,14+,16-,17-,19-,21-/m0/s1. The number of esters is 1. The fraction of sp³-hybridized carbons (Fsp3) is 0.619. The van der Waals surface area contributed by atoms with Crippen LogP contribution in [-0.2, 0) is 23.8 Å². The van der Waals surface area contributed by atoms with E-state index in [4.69, 9.17) is 14.2 Å². The van der Waals surface area contributed by atoms with E-state index in [-0.39, 0.29) is 17.5 Å². The van der Waals surface area contributed by atoms with Gasteiger partial charge in [0.2, 0.25) is 12.1 Å². The number of ether oxygens (including phenoxy) is 3. The maximum absolute atomic E-state index is 13.2. The van der Waals surface area contributed by atoms with Crippen molar-refractivity contribution in [3.63, 3.8) is 0 Å². The second kappa shape index (κ2) is 7.58. The Morgan fingerprint density at radius 1 is 1.13 bits per heavy atom. The zero-order valence-corrected chi connectivity index (χ0v) is 16.8. The molecule has 8 atom stereocenters. The van der Waals surface area contributed by atoms with Crippen molar-refractivity contribution in [3.05, 3.63) is 34.6 Å². The number of ketones is 1. The van der Waals surface area contributed by atoms with E-state index in [1.807, 2.05) is 6.92 Å². The fourth-order valence-corrected chi connectivity index (χ4v) is 4.87. The van der Waals surface area contributed by atoms with Crippen LogP contribution in [0.1, 0.15) is 26.7 Å². The summed E-state index contributed by atoms with van der Waals surface area (Å²) in [5.74, 6) is -1.60. The number of rotatable bonds is 3. The highest BCUT2D eigenvalue weighted by molar-refractivity contribution is 6.12. The van der Waals surface area contributed by atoms with Gasteiger partial charge in [-0.25, -0.2) is 4.79 Å². The number of hydrogen-bond acceptors (Lipinski definition) is 9. The van der Waals surface area contributed by atoms with Crippen LogP contribution >= 0.6 is 0 Å². The van der Waals surface area contributed by atoms with E-state index in [1.54, 1.807) is 6.92 Å². The van der Waals surface area contributed by atoms with Gasteiger partial charge in [-0.15, -0.1) is 0 Å². The van der Waals surface area contributed by atoms with Crippen molar-refractivity contribution in [1.82, 2.24) is 0 Å². The maximum Gasteiger partial charge on any atom is 0.334 e. The topological polar surface area (TPSA) is 143 Å². The molecule has 9 heteroatoms. The average molecular weight is 422 g/mol. The number of carbonyl (C=O) groups is 2. The number of Topliss-reactive ketones (excluding diaryl/α,β-unsaturated/α-hetero) is 1. The van der Waals surface area contributed by atoms with Gasteiger partial charge in [0.05, 0.1) is 12.5 Å². The minimum atomic E-state index is -1.63. The van der Waals surface area contributed by atoms with Gasteiger partial charge in [0, 0.05) is 17.1 Å². The van der Waals surface area contributed by atoms with Gasteiger partial charge in [-0.05, 0) is 32.3 Å². The van der Waals surface area contributed by atoms with E-state index in [1.165, 1.54) is 0 Å². The van der Waals surface area contributed by atoms with E-state index in [0.29, 0.717) is 29.6 Å². The SMILES string of the molecule is C=C1C(=O)O[C@@H]2[C@H]3C(C)=C(O[C@@H]4O[C@H](CO)[C@@H](O)[C@H](O)[C@@H]4O)C(=O)C3=C(C)CC[C@@H]12. The van der Waals surface area contributed by atoms with Gasteiger partial charge in [0.15, 0.2) is 5.76 Å². The highest BCUT2D eigenvalue weighted by Crippen LogP contribution is 2.49. The van der Waals surface area contributed by atoms with Crippen LogP contribution in [0.25, 0.3) is 0 Å². The van der Waals surface area contributed by atoms with Gasteiger partial charge in [-0.2, -0.15) is 0 Å². The number of allylic oxidation sites excluding steroid dienone is 2. The third-order valence-electron chi connectivity index (χ3n) is 6.64. The Balaban J connectivity index is 1.67. The number of fused-ring (bicyclic) bond motifs is 3. The molecule has 0 aromatic rings. The lowest BCUT2D eigenvalue weighted by Gasteiger charge is -2.39. The lowest BCUT2D eigenvalue weighted by atomic mass is 9.83. The van der Waals surface area contributed by atoms with Crippen LogP contribution in [0.4, 0.5) is 0 Å². The third kappa shape index (κ3) is 3.04. The molecule has 0 aromatic heterocycles.